The summed E-state index contributed by atoms with van der Waals surface area (Å²) in [7, 11) is -2.94. The van der Waals surface area contributed by atoms with E-state index in [-0.39, 0.29) is 23.1 Å². The number of ether oxygens (including phenoxy) is 1. The van der Waals surface area contributed by atoms with Crippen molar-refractivity contribution in [3.05, 3.63) is 35.6 Å². The van der Waals surface area contributed by atoms with E-state index in [0.29, 0.717) is 6.61 Å². The molecule has 1 saturated heterocycles. The summed E-state index contributed by atoms with van der Waals surface area (Å²) in [5, 5.41) is 0. The lowest BCUT2D eigenvalue weighted by Crippen LogP contribution is -2.42. The molecule has 0 unspecified atom stereocenters. The Balaban J connectivity index is 1.63. The number of morpholine rings is 1. The van der Waals surface area contributed by atoms with Crippen molar-refractivity contribution < 1.29 is 17.5 Å². The molecule has 0 aromatic heterocycles. The van der Waals surface area contributed by atoms with Crippen LogP contribution in [0.25, 0.3) is 0 Å². The fourth-order valence-electron chi connectivity index (χ4n) is 3.28. The van der Waals surface area contributed by atoms with Crippen molar-refractivity contribution in [2.24, 2.45) is 5.41 Å². The smallest absolute Gasteiger partial charge is 0.148 e. The topological polar surface area (TPSA) is 46.6 Å². The van der Waals surface area contributed by atoms with Crippen LogP contribution in [-0.4, -0.2) is 51.6 Å². The zero-order chi connectivity index (χ0) is 15.8. The summed E-state index contributed by atoms with van der Waals surface area (Å²) >= 11 is 0. The Kier molecular flexibility index (Phi) is 4.27. The van der Waals surface area contributed by atoms with E-state index in [1.54, 1.807) is 12.1 Å². The van der Waals surface area contributed by atoms with Gasteiger partial charge in [-0.2, -0.15) is 0 Å². The lowest BCUT2D eigenvalue weighted by atomic mass is 10.1. The van der Waals surface area contributed by atoms with E-state index in [2.05, 4.69) is 4.90 Å². The molecule has 1 aromatic rings. The van der Waals surface area contributed by atoms with Gasteiger partial charge < -0.3 is 4.74 Å². The van der Waals surface area contributed by atoms with Gasteiger partial charge in [0.2, 0.25) is 0 Å². The highest BCUT2D eigenvalue weighted by molar-refractivity contribution is 7.90. The number of rotatable bonds is 5. The first kappa shape index (κ1) is 15.9. The second kappa shape index (κ2) is 5.91. The third-order valence-corrected chi connectivity index (χ3v) is 5.61. The van der Waals surface area contributed by atoms with Crippen molar-refractivity contribution in [3.63, 3.8) is 0 Å². The van der Waals surface area contributed by atoms with Crippen molar-refractivity contribution in [1.82, 2.24) is 4.90 Å². The maximum absolute atomic E-state index is 13.0. The zero-order valence-electron chi connectivity index (χ0n) is 12.8. The van der Waals surface area contributed by atoms with Crippen molar-refractivity contribution in [1.29, 1.82) is 0 Å². The van der Waals surface area contributed by atoms with Gasteiger partial charge >= 0.3 is 0 Å². The third-order valence-electron chi connectivity index (χ3n) is 4.48. The Hall–Kier alpha value is -0.980. The normalized spacial score (nSPS) is 25.1. The van der Waals surface area contributed by atoms with Crippen LogP contribution < -0.4 is 0 Å². The van der Waals surface area contributed by atoms with E-state index in [9.17, 15) is 12.8 Å². The number of hydrogen-bond donors (Lipinski definition) is 0. The average Bonchev–Trinajstić information content (AvgIpc) is 3.16. The van der Waals surface area contributed by atoms with Crippen LogP contribution >= 0.6 is 0 Å². The fourth-order valence-corrected chi connectivity index (χ4v) is 4.77. The molecule has 0 spiro atoms. The molecular weight excluding hydrogens is 305 g/mol. The van der Waals surface area contributed by atoms with Crippen LogP contribution in [0.1, 0.15) is 24.5 Å². The standard InChI is InChI=1S/C16H22FNO3S/c1-22(19,20)12-16(6-7-16)11-18-8-9-21-15(10-18)13-2-4-14(17)5-3-13/h2-5,15H,6-12H2,1H3/t15-/m1/s1. The molecule has 22 heavy (non-hydrogen) atoms. The fraction of sp³-hybridized carbons (Fsp3) is 0.625. The highest BCUT2D eigenvalue weighted by Gasteiger charge is 2.46. The lowest BCUT2D eigenvalue weighted by molar-refractivity contribution is -0.0350. The summed E-state index contributed by atoms with van der Waals surface area (Å²) in [6.07, 6.45) is 3.22. The van der Waals surface area contributed by atoms with Crippen LogP contribution in [0.5, 0.6) is 0 Å². The molecular formula is C16H22FNO3S. The van der Waals surface area contributed by atoms with Gasteiger partial charge in [0, 0.05) is 25.9 Å². The zero-order valence-corrected chi connectivity index (χ0v) is 13.6. The summed E-state index contributed by atoms with van der Waals surface area (Å²) < 4.78 is 41.9. The molecule has 3 rings (SSSR count). The lowest BCUT2D eigenvalue weighted by Gasteiger charge is -2.35. The van der Waals surface area contributed by atoms with Gasteiger partial charge in [-0.15, -0.1) is 0 Å². The summed E-state index contributed by atoms with van der Waals surface area (Å²) in [5.74, 6) is 0.0278. The van der Waals surface area contributed by atoms with Crippen molar-refractivity contribution in [3.8, 4) is 0 Å². The van der Waals surface area contributed by atoms with Gasteiger partial charge in [0.15, 0.2) is 0 Å². The minimum Gasteiger partial charge on any atom is -0.371 e. The van der Waals surface area contributed by atoms with Crippen molar-refractivity contribution >= 4 is 9.84 Å². The highest BCUT2D eigenvalue weighted by atomic mass is 32.2. The predicted molar refractivity (Wildman–Crippen MR) is 82.9 cm³/mol. The van der Waals surface area contributed by atoms with Gasteiger partial charge in [0.1, 0.15) is 15.7 Å². The van der Waals surface area contributed by atoms with Gasteiger partial charge in [-0.3, -0.25) is 4.90 Å². The van der Waals surface area contributed by atoms with Crippen LogP contribution in [-0.2, 0) is 14.6 Å². The Morgan fingerprint density at radius 3 is 2.59 bits per heavy atom. The monoisotopic (exact) mass is 327 g/mol. The van der Waals surface area contributed by atoms with Crippen LogP contribution in [0.15, 0.2) is 24.3 Å². The summed E-state index contributed by atoms with van der Waals surface area (Å²) in [5.41, 5.74) is 0.914. The Morgan fingerprint density at radius 2 is 2.00 bits per heavy atom. The number of benzene rings is 1. The molecule has 1 atom stereocenters. The Bertz CT molecular complexity index is 625. The van der Waals surface area contributed by atoms with Gasteiger partial charge in [-0.05, 0) is 36.0 Å². The van der Waals surface area contributed by atoms with Crippen LogP contribution in [0, 0.1) is 11.2 Å². The van der Waals surface area contributed by atoms with E-state index in [1.165, 1.54) is 18.4 Å². The van der Waals surface area contributed by atoms with Crippen LogP contribution in [0.4, 0.5) is 4.39 Å². The second-order valence-corrected chi connectivity index (χ2v) is 8.86. The largest absolute Gasteiger partial charge is 0.371 e. The quantitative estimate of drug-likeness (QED) is 0.830. The summed E-state index contributed by atoms with van der Waals surface area (Å²) in [6, 6.07) is 6.41. The van der Waals surface area contributed by atoms with Crippen LogP contribution in [0.2, 0.25) is 0 Å². The Labute approximate surface area is 131 Å². The summed E-state index contributed by atoms with van der Waals surface area (Å²) in [4.78, 5) is 2.29. The SMILES string of the molecule is CS(=O)(=O)CC1(CN2CCO[C@@H](c3ccc(F)cc3)C2)CC1. The predicted octanol–water partition coefficient (Wildman–Crippen LogP) is 2.02. The van der Waals surface area contributed by atoms with E-state index >= 15 is 0 Å². The molecule has 2 aliphatic rings. The molecule has 0 bridgehead atoms. The van der Waals surface area contributed by atoms with Gasteiger partial charge in [0.25, 0.3) is 0 Å². The van der Waals surface area contributed by atoms with Crippen LogP contribution in [0.3, 0.4) is 0 Å². The highest BCUT2D eigenvalue weighted by Crippen LogP contribution is 2.47. The number of hydrogen-bond acceptors (Lipinski definition) is 4. The Morgan fingerprint density at radius 1 is 1.32 bits per heavy atom. The maximum Gasteiger partial charge on any atom is 0.148 e. The van der Waals surface area contributed by atoms with E-state index < -0.39 is 9.84 Å². The minimum atomic E-state index is -2.94. The molecule has 6 heteroatoms. The number of sulfone groups is 1. The first-order valence-electron chi connectivity index (χ1n) is 7.62. The van der Waals surface area contributed by atoms with Gasteiger partial charge in [-0.25, -0.2) is 12.8 Å². The molecule has 0 amide bonds. The molecule has 1 aliphatic carbocycles. The minimum absolute atomic E-state index is 0.0573. The summed E-state index contributed by atoms with van der Waals surface area (Å²) in [6.45, 7) is 2.98. The molecule has 1 aromatic carbocycles. The van der Waals surface area contributed by atoms with E-state index in [4.69, 9.17) is 4.74 Å². The first-order chi connectivity index (χ1) is 10.4. The molecule has 0 N–H and O–H groups in total. The molecule has 2 fully saturated rings. The van der Waals surface area contributed by atoms with E-state index in [0.717, 1.165) is 38.0 Å². The van der Waals surface area contributed by atoms with Crippen molar-refractivity contribution in [2.75, 3.05) is 38.2 Å². The average molecular weight is 327 g/mol. The molecule has 1 aliphatic heterocycles. The van der Waals surface area contributed by atoms with Gasteiger partial charge in [-0.1, -0.05) is 12.1 Å². The van der Waals surface area contributed by atoms with Crippen molar-refractivity contribution in [2.45, 2.75) is 18.9 Å². The second-order valence-electron chi connectivity index (χ2n) is 6.72. The molecule has 1 heterocycles. The first-order valence-corrected chi connectivity index (χ1v) is 9.69. The number of halogens is 1. The third kappa shape index (κ3) is 4.06. The molecule has 1 saturated carbocycles. The maximum atomic E-state index is 13.0. The number of nitrogens with zero attached hydrogens (tertiary/aromatic N) is 1. The van der Waals surface area contributed by atoms with E-state index in [1.807, 2.05) is 0 Å². The molecule has 4 nitrogen and oxygen atoms in total. The molecule has 0 radical (unpaired) electrons. The molecule has 122 valence electrons. The van der Waals surface area contributed by atoms with Gasteiger partial charge in [0.05, 0.1) is 18.5 Å².